The number of nitrogens with zero attached hydrogens (tertiary/aromatic N) is 2. The number of fused-ring (bicyclic) bond motifs is 2. The number of benzene rings is 1. The highest BCUT2D eigenvalue weighted by molar-refractivity contribution is 5.83. The SMILES string of the molecule is CN=C(NCCc1c[nH]c2ccccc12)N1CC2CCCCC2C1. The van der Waals surface area contributed by atoms with Gasteiger partial charge in [-0.1, -0.05) is 31.0 Å². The van der Waals surface area contributed by atoms with E-state index in [9.17, 15) is 0 Å². The van der Waals surface area contributed by atoms with Crippen molar-refractivity contribution in [2.45, 2.75) is 32.1 Å². The van der Waals surface area contributed by atoms with Crippen LogP contribution in [0.2, 0.25) is 0 Å². The Hall–Kier alpha value is -1.97. The van der Waals surface area contributed by atoms with Crippen LogP contribution in [0.15, 0.2) is 35.5 Å². The molecule has 0 radical (unpaired) electrons. The summed E-state index contributed by atoms with van der Waals surface area (Å²) in [6.45, 7) is 3.31. The van der Waals surface area contributed by atoms with E-state index in [1.165, 1.54) is 55.2 Å². The molecule has 2 aromatic rings. The molecular weight excluding hydrogens is 296 g/mol. The number of rotatable bonds is 3. The summed E-state index contributed by atoms with van der Waals surface area (Å²) in [5, 5.41) is 4.92. The van der Waals surface area contributed by atoms with Gasteiger partial charge in [0, 0.05) is 43.8 Å². The van der Waals surface area contributed by atoms with E-state index in [-0.39, 0.29) is 0 Å². The summed E-state index contributed by atoms with van der Waals surface area (Å²) in [4.78, 5) is 10.4. The van der Waals surface area contributed by atoms with Crippen molar-refractivity contribution < 1.29 is 0 Å². The summed E-state index contributed by atoms with van der Waals surface area (Å²) in [7, 11) is 1.91. The van der Waals surface area contributed by atoms with Crippen molar-refractivity contribution in [2.24, 2.45) is 16.8 Å². The van der Waals surface area contributed by atoms with Crippen molar-refractivity contribution in [1.82, 2.24) is 15.2 Å². The molecule has 24 heavy (non-hydrogen) atoms. The fourth-order valence-electron chi connectivity index (χ4n) is 4.56. The third-order valence-corrected chi connectivity index (χ3v) is 5.84. The maximum Gasteiger partial charge on any atom is 0.193 e. The Balaban J connectivity index is 1.34. The van der Waals surface area contributed by atoms with Crippen molar-refractivity contribution in [1.29, 1.82) is 0 Å². The second kappa shape index (κ2) is 6.88. The molecule has 2 atom stereocenters. The van der Waals surface area contributed by atoms with Crippen LogP contribution in [0.25, 0.3) is 10.9 Å². The lowest BCUT2D eigenvalue weighted by Gasteiger charge is -2.22. The first-order chi connectivity index (χ1) is 11.8. The number of H-pyrrole nitrogens is 1. The molecule has 2 N–H and O–H groups in total. The second-order valence-electron chi connectivity index (χ2n) is 7.29. The molecule has 0 spiro atoms. The normalized spacial score (nSPS) is 24.4. The highest BCUT2D eigenvalue weighted by atomic mass is 15.3. The lowest BCUT2D eigenvalue weighted by Crippen LogP contribution is -2.41. The van der Waals surface area contributed by atoms with E-state index >= 15 is 0 Å². The van der Waals surface area contributed by atoms with Crippen LogP contribution in [0.1, 0.15) is 31.2 Å². The Morgan fingerprint density at radius 2 is 1.96 bits per heavy atom. The maximum atomic E-state index is 4.53. The molecule has 0 bridgehead atoms. The van der Waals surface area contributed by atoms with Crippen LogP contribution >= 0.6 is 0 Å². The van der Waals surface area contributed by atoms with Crippen molar-refractivity contribution in [3.63, 3.8) is 0 Å². The monoisotopic (exact) mass is 324 g/mol. The molecule has 4 nitrogen and oxygen atoms in total. The molecule has 0 amide bonds. The Kier molecular flexibility index (Phi) is 4.46. The van der Waals surface area contributed by atoms with Crippen molar-refractivity contribution in [3.8, 4) is 0 Å². The summed E-state index contributed by atoms with van der Waals surface area (Å²) in [5.74, 6) is 2.88. The molecule has 1 aromatic heterocycles. The first-order valence-corrected chi connectivity index (χ1v) is 9.36. The zero-order valence-electron chi connectivity index (χ0n) is 14.6. The van der Waals surface area contributed by atoms with Gasteiger partial charge in [-0.05, 0) is 42.7 Å². The van der Waals surface area contributed by atoms with E-state index in [1.807, 2.05) is 7.05 Å². The highest BCUT2D eigenvalue weighted by Crippen LogP contribution is 2.35. The molecule has 1 saturated heterocycles. The van der Waals surface area contributed by atoms with Gasteiger partial charge in [-0.25, -0.2) is 0 Å². The van der Waals surface area contributed by atoms with Crippen LogP contribution in [0.5, 0.6) is 0 Å². The number of hydrogen-bond donors (Lipinski definition) is 2. The van der Waals surface area contributed by atoms with Gasteiger partial charge in [-0.2, -0.15) is 0 Å². The van der Waals surface area contributed by atoms with E-state index in [4.69, 9.17) is 0 Å². The molecule has 1 aliphatic heterocycles. The molecule has 1 aromatic carbocycles. The van der Waals surface area contributed by atoms with Gasteiger partial charge < -0.3 is 15.2 Å². The number of aliphatic imine (C=N–C) groups is 1. The standard InChI is InChI=1S/C20H28N4/c1-21-20(24-13-16-6-2-3-7-17(16)14-24)22-11-10-15-12-23-19-9-5-4-8-18(15)19/h4-5,8-9,12,16-17,23H,2-3,6-7,10-11,13-14H2,1H3,(H,21,22). The van der Waals surface area contributed by atoms with E-state index in [0.717, 1.165) is 30.8 Å². The van der Waals surface area contributed by atoms with Crippen molar-refractivity contribution in [3.05, 3.63) is 36.0 Å². The van der Waals surface area contributed by atoms with Crippen LogP contribution in [0.4, 0.5) is 0 Å². The topological polar surface area (TPSA) is 43.4 Å². The molecule has 2 aliphatic rings. The fourth-order valence-corrected chi connectivity index (χ4v) is 4.56. The third kappa shape index (κ3) is 3.02. The fraction of sp³-hybridized carbons (Fsp3) is 0.550. The summed E-state index contributed by atoms with van der Waals surface area (Å²) in [6, 6.07) is 8.52. The van der Waals surface area contributed by atoms with E-state index in [1.54, 1.807) is 0 Å². The number of aromatic nitrogens is 1. The molecule has 2 unspecified atom stereocenters. The number of likely N-dealkylation sites (tertiary alicyclic amines) is 1. The summed E-state index contributed by atoms with van der Waals surface area (Å²) >= 11 is 0. The number of nitrogens with one attached hydrogen (secondary N) is 2. The Morgan fingerprint density at radius 1 is 1.21 bits per heavy atom. The zero-order chi connectivity index (χ0) is 16.4. The van der Waals surface area contributed by atoms with Crippen LogP contribution in [0.3, 0.4) is 0 Å². The van der Waals surface area contributed by atoms with Crippen LogP contribution in [-0.2, 0) is 6.42 Å². The van der Waals surface area contributed by atoms with Gasteiger partial charge in [0.05, 0.1) is 0 Å². The van der Waals surface area contributed by atoms with Gasteiger partial charge in [-0.3, -0.25) is 4.99 Å². The molecule has 2 fully saturated rings. The van der Waals surface area contributed by atoms with Gasteiger partial charge in [-0.15, -0.1) is 0 Å². The lowest BCUT2D eigenvalue weighted by molar-refractivity contribution is 0.299. The average molecular weight is 324 g/mol. The largest absolute Gasteiger partial charge is 0.361 e. The minimum atomic E-state index is 0.894. The maximum absolute atomic E-state index is 4.53. The second-order valence-corrected chi connectivity index (χ2v) is 7.29. The number of aromatic amines is 1. The average Bonchev–Trinajstić information content (AvgIpc) is 3.23. The molecule has 4 heteroatoms. The van der Waals surface area contributed by atoms with E-state index in [0.29, 0.717) is 0 Å². The van der Waals surface area contributed by atoms with Crippen molar-refractivity contribution in [2.75, 3.05) is 26.7 Å². The zero-order valence-corrected chi connectivity index (χ0v) is 14.6. The Labute approximate surface area is 144 Å². The van der Waals surface area contributed by atoms with Gasteiger partial charge in [0.25, 0.3) is 0 Å². The minimum Gasteiger partial charge on any atom is -0.361 e. The number of guanidine groups is 1. The molecule has 2 heterocycles. The van der Waals surface area contributed by atoms with Gasteiger partial charge in [0.1, 0.15) is 0 Å². The van der Waals surface area contributed by atoms with Gasteiger partial charge in [0.15, 0.2) is 5.96 Å². The third-order valence-electron chi connectivity index (χ3n) is 5.84. The molecular formula is C20H28N4. The summed E-state index contributed by atoms with van der Waals surface area (Å²) in [6.07, 6.45) is 8.81. The highest BCUT2D eigenvalue weighted by Gasteiger charge is 2.35. The molecule has 1 aliphatic carbocycles. The first kappa shape index (κ1) is 15.6. The smallest absolute Gasteiger partial charge is 0.193 e. The predicted molar refractivity (Wildman–Crippen MR) is 100 cm³/mol. The summed E-state index contributed by atoms with van der Waals surface area (Å²) in [5.41, 5.74) is 2.60. The van der Waals surface area contributed by atoms with Crippen LogP contribution in [-0.4, -0.2) is 42.5 Å². The molecule has 128 valence electrons. The Bertz CT molecular complexity index is 703. The first-order valence-electron chi connectivity index (χ1n) is 9.36. The number of para-hydroxylation sites is 1. The van der Waals surface area contributed by atoms with E-state index < -0.39 is 0 Å². The van der Waals surface area contributed by atoms with Crippen molar-refractivity contribution >= 4 is 16.9 Å². The van der Waals surface area contributed by atoms with Gasteiger partial charge >= 0.3 is 0 Å². The van der Waals surface area contributed by atoms with Gasteiger partial charge in [0.2, 0.25) is 0 Å². The predicted octanol–water partition coefficient (Wildman–Crippen LogP) is 3.41. The number of hydrogen-bond acceptors (Lipinski definition) is 1. The van der Waals surface area contributed by atoms with E-state index in [2.05, 4.69) is 50.7 Å². The summed E-state index contributed by atoms with van der Waals surface area (Å²) < 4.78 is 0. The van der Waals surface area contributed by atoms with Crippen LogP contribution in [0, 0.1) is 11.8 Å². The quantitative estimate of drug-likeness (QED) is 0.671. The lowest BCUT2D eigenvalue weighted by atomic mass is 9.82. The molecule has 1 saturated carbocycles. The minimum absolute atomic E-state index is 0.894. The van der Waals surface area contributed by atoms with Crippen LogP contribution < -0.4 is 5.32 Å². The Morgan fingerprint density at radius 3 is 2.71 bits per heavy atom. The molecule has 4 rings (SSSR count).